The third-order valence-corrected chi connectivity index (χ3v) is 6.18. The average molecular weight is 585 g/mol. The molecule has 2 saturated heterocycles. The number of benzene rings is 2. The Bertz CT molecular complexity index is 1240. The summed E-state index contributed by atoms with van der Waals surface area (Å²) in [5.74, 6) is -3.50. The summed E-state index contributed by atoms with van der Waals surface area (Å²) in [6.07, 6.45) is -14.0. The zero-order valence-corrected chi connectivity index (χ0v) is 20.1. The number of nitrogens with one attached hydrogen (secondary N) is 1. The molecule has 2 heterocycles. The van der Waals surface area contributed by atoms with Gasteiger partial charge in [-0.2, -0.15) is 39.5 Å². The van der Waals surface area contributed by atoms with Crippen molar-refractivity contribution in [1.82, 2.24) is 15.1 Å². The van der Waals surface area contributed by atoms with Crippen LogP contribution in [0.4, 0.5) is 39.5 Å². The zero-order valence-electron chi connectivity index (χ0n) is 20.1. The third kappa shape index (κ3) is 6.84. The van der Waals surface area contributed by atoms with Gasteiger partial charge in [-0.1, -0.05) is 24.3 Å². The van der Waals surface area contributed by atoms with Crippen LogP contribution in [0.1, 0.15) is 22.3 Å². The van der Waals surface area contributed by atoms with E-state index in [-0.39, 0.29) is 44.5 Å². The second-order valence-corrected chi connectivity index (χ2v) is 8.97. The molecule has 0 aromatic heterocycles. The fourth-order valence-electron chi connectivity index (χ4n) is 4.04. The maximum absolute atomic E-state index is 13.3. The number of hydrogen-bond acceptors (Lipinski definition) is 4. The number of piperazine rings is 1. The van der Waals surface area contributed by atoms with Crippen LogP contribution < -0.4 is 5.32 Å². The fraction of sp³-hybridized carbons (Fsp3) is 0.375. The van der Waals surface area contributed by atoms with Crippen molar-refractivity contribution in [2.24, 2.45) is 0 Å². The first kappa shape index (κ1) is 30.7. The van der Waals surface area contributed by atoms with E-state index in [1.807, 2.05) is 0 Å². The van der Waals surface area contributed by atoms with Crippen molar-refractivity contribution >= 4 is 17.8 Å². The van der Waals surface area contributed by atoms with Crippen LogP contribution in [-0.2, 0) is 39.8 Å². The Hall–Kier alpha value is -3.82. The smallest absolute Gasteiger partial charge is 0.475 e. The van der Waals surface area contributed by atoms with Gasteiger partial charge in [0.05, 0.1) is 11.1 Å². The van der Waals surface area contributed by atoms with E-state index in [1.165, 1.54) is 34.1 Å². The van der Waals surface area contributed by atoms with E-state index in [9.17, 15) is 49.1 Å². The van der Waals surface area contributed by atoms with Gasteiger partial charge in [0, 0.05) is 26.2 Å². The van der Waals surface area contributed by atoms with Crippen LogP contribution in [0.25, 0.3) is 0 Å². The summed E-state index contributed by atoms with van der Waals surface area (Å²) < 4.78 is 108. The summed E-state index contributed by atoms with van der Waals surface area (Å²) in [5, 5.41) is 10.1. The van der Waals surface area contributed by atoms with Gasteiger partial charge in [-0.15, -0.1) is 0 Å². The summed E-state index contributed by atoms with van der Waals surface area (Å²) in [6, 6.07) is 8.76. The molecule has 7 nitrogen and oxygen atoms in total. The van der Waals surface area contributed by atoms with Crippen LogP contribution in [-0.4, -0.2) is 64.0 Å². The van der Waals surface area contributed by atoms with Crippen molar-refractivity contribution < 1.29 is 59.0 Å². The average Bonchev–Trinajstić information content (AvgIpc) is 2.81. The van der Waals surface area contributed by atoms with Crippen molar-refractivity contribution in [2.45, 2.75) is 37.2 Å². The predicted molar refractivity (Wildman–Crippen MR) is 118 cm³/mol. The Morgan fingerprint density at radius 1 is 0.775 bits per heavy atom. The molecule has 0 aliphatic carbocycles. The number of nitrogens with zero attached hydrogens (tertiary/aromatic N) is 2. The van der Waals surface area contributed by atoms with Crippen molar-refractivity contribution in [1.29, 1.82) is 0 Å². The maximum atomic E-state index is 13.3. The minimum Gasteiger partial charge on any atom is -0.475 e. The van der Waals surface area contributed by atoms with Crippen LogP contribution in [0.5, 0.6) is 0 Å². The van der Waals surface area contributed by atoms with Crippen molar-refractivity contribution in [2.75, 3.05) is 19.6 Å². The van der Waals surface area contributed by atoms with E-state index in [0.717, 1.165) is 24.3 Å². The first-order valence-electron chi connectivity index (χ1n) is 11.3. The fourth-order valence-corrected chi connectivity index (χ4v) is 4.04. The Labute approximate surface area is 220 Å². The maximum Gasteiger partial charge on any atom is 0.490 e. The first-order chi connectivity index (χ1) is 18.3. The molecule has 0 atom stereocenters. The highest BCUT2D eigenvalue weighted by molar-refractivity contribution is 5.99. The van der Waals surface area contributed by atoms with Crippen molar-refractivity contribution in [3.8, 4) is 0 Å². The lowest BCUT2D eigenvalue weighted by molar-refractivity contribution is -0.192. The highest BCUT2D eigenvalue weighted by Gasteiger charge is 2.56. The van der Waals surface area contributed by atoms with E-state index >= 15 is 0 Å². The van der Waals surface area contributed by atoms with Gasteiger partial charge in [0.2, 0.25) is 5.91 Å². The van der Waals surface area contributed by atoms with Gasteiger partial charge < -0.3 is 20.2 Å². The van der Waals surface area contributed by atoms with Gasteiger partial charge in [-0.25, -0.2) is 4.79 Å². The minimum absolute atomic E-state index is 0.0292. The van der Waals surface area contributed by atoms with Crippen molar-refractivity contribution in [3.05, 3.63) is 70.8 Å². The molecule has 2 amide bonds. The van der Waals surface area contributed by atoms with E-state index in [2.05, 4.69) is 5.32 Å². The topological polar surface area (TPSA) is 90.0 Å². The second kappa shape index (κ2) is 11.0. The minimum atomic E-state index is -5.08. The number of aliphatic carboxylic acids is 1. The molecule has 1 spiro atoms. The number of alkyl halides is 9. The van der Waals surface area contributed by atoms with Gasteiger partial charge >= 0.3 is 24.5 Å². The quantitative estimate of drug-likeness (QED) is 0.529. The number of carbonyl (C=O) groups excluding carboxylic acids is 2. The summed E-state index contributed by atoms with van der Waals surface area (Å²) in [7, 11) is 0. The van der Waals surface area contributed by atoms with E-state index < -0.39 is 41.2 Å². The standard InChI is InChI=1S/C22H19F6N3O2.C2HF3O2/c23-21(24,25)16-5-1-14(2-6-16)9-30-11-18(32)31(20(19(30)33)12-29-13-20)10-15-3-7-17(8-4-15)22(26,27)28;3-2(4,5)1(6)7/h1-8,29H,9-13H2;(H,6,7). The number of halogens is 9. The molecule has 4 rings (SSSR count). The second-order valence-electron chi connectivity index (χ2n) is 8.97. The highest BCUT2D eigenvalue weighted by atomic mass is 19.4. The molecule has 2 fully saturated rings. The monoisotopic (exact) mass is 585 g/mol. The zero-order chi connectivity index (χ0) is 30.1. The van der Waals surface area contributed by atoms with Crippen molar-refractivity contribution in [3.63, 3.8) is 0 Å². The van der Waals surface area contributed by atoms with Gasteiger partial charge in [0.1, 0.15) is 12.1 Å². The Morgan fingerprint density at radius 2 is 1.18 bits per heavy atom. The van der Waals surface area contributed by atoms with Crippen LogP contribution in [0.15, 0.2) is 48.5 Å². The SMILES string of the molecule is O=C(O)C(F)(F)F.O=C1CN(Cc2ccc(C(F)(F)F)cc2)C(=O)C2(CNC2)N1Cc1ccc(C(F)(F)F)cc1. The first-order valence-corrected chi connectivity index (χ1v) is 11.3. The molecule has 2 aromatic carbocycles. The van der Waals surface area contributed by atoms with E-state index in [1.54, 1.807) is 0 Å². The molecule has 40 heavy (non-hydrogen) atoms. The summed E-state index contributed by atoms with van der Waals surface area (Å²) in [5.41, 5.74) is -1.90. The normalized spacial score (nSPS) is 17.3. The van der Waals surface area contributed by atoms with Crippen LogP contribution in [0.2, 0.25) is 0 Å². The van der Waals surface area contributed by atoms with Crippen LogP contribution >= 0.6 is 0 Å². The third-order valence-electron chi connectivity index (χ3n) is 6.18. The Morgan fingerprint density at radius 3 is 1.50 bits per heavy atom. The molecule has 0 radical (unpaired) electrons. The Kier molecular flexibility index (Phi) is 8.43. The molecule has 16 heteroatoms. The van der Waals surface area contributed by atoms with E-state index in [0.29, 0.717) is 11.1 Å². The summed E-state index contributed by atoms with van der Waals surface area (Å²) in [4.78, 5) is 37.8. The number of rotatable bonds is 4. The molecular weight excluding hydrogens is 565 g/mol. The van der Waals surface area contributed by atoms with Crippen LogP contribution in [0.3, 0.4) is 0 Å². The number of hydrogen-bond donors (Lipinski definition) is 2. The lowest BCUT2D eigenvalue weighted by Gasteiger charge is -2.54. The number of carboxylic acids is 1. The highest BCUT2D eigenvalue weighted by Crippen LogP contribution is 2.33. The molecule has 2 aliphatic rings. The molecule has 0 unspecified atom stereocenters. The molecular formula is C24H20F9N3O4. The lowest BCUT2D eigenvalue weighted by Crippen LogP contribution is -2.79. The largest absolute Gasteiger partial charge is 0.490 e. The summed E-state index contributed by atoms with van der Waals surface area (Å²) >= 11 is 0. The Balaban J connectivity index is 0.000000559. The van der Waals surface area contributed by atoms with Gasteiger partial charge in [0.25, 0.3) is 5.91 Å². The van der Waals surface area contributed by atoms with E-state index in [4.69, 9.17) is 9.90 Å². The van der Waals surface area contributed by atoms with Crippen LogP contribution in [0, 0.1) is 0 Å². The molecule has 0 bridgehead atoms. The molecule has 2 N–H and O–H groups in total. The van der Waals surface area contributed by atoms with Gasteiger partial charge in [-0.05, 0) is 35.4 Å². The number of carboxylic acid groups (broad SMARTS) is 1. The molecule has 0 saturated carbocycles. The number of amides is 2. The molecule has 2 aromatic rings. The van der Waals surface area contributed by atoms with Gasteiger partial charge in [0.15, 0.2) is 0 Å². The lowest BCUT2D eigenvalue weighted by atomic mass is 9.85. The summed E-state index contributed by atoms with van der Waals surface area (Å²) in [6.45, 7) is 0.0305. The number of carbonyl (C=O) groups is 3. The molecule has 218 valence electrons. The molecule has 2 aliphatic heterocycles. The predicted octanol–water partition coefficient (Wildman–Crippen LogP) is 4.07. The van der Waals surface area contributed by atoms with Gasteiger partial charge in [-0.3, -0.25) is 9.59 Å².